The van der Waals surface area contributed by atoms with Crippen molar-refractivity contribution in [2.45, 2.75) is 120 Å². The maximum atomic E-state index is 11.9. The van der Waals surface area contributed by atoms with Gasteiger partial charge < -0.3 is 74.8 Å². The minimum atomic E-state index is -1.64. The number of amides is 2. The van der Waals surface area contributed by atoms with E-state index in [1.807, 2.05) is 0 Å². The van der Waals surface area contributed by atoms with Gasteiger partial charge in [-0.25, -0.2) is 0 Å². The fourth-order valence-corrected chi connectivity index (χ4v) is 5.00. The van der Waals surface area contributed by atoms with E-state index in [-0.39, 0.29) is 6.61 Å². The molecule has 0 aromatic carbocycles. The van der Waals surface area contributed by atoms with Crippen molar-refractivity contribution < 1.29 is 73.8 Å². The standard InChI is InChI=1S/C24H42N2O15/c1-5-36-22-14(26-10(4)29)18(33)21(12(40-22)7-37-24-20(35)19(34)15(30)8(2)38-24)41-23-13(25-9(3)28)17(32)16(31)11(6-27)39-23/h8,11-24,27,30-35H,5-7H2,1-4H3,(H,25,28)(H,26,29)/t8-,11-,12-,13-,14-,15+,16-,17-,18-,19+,20-,21-,22-,23+,24+/m1/s1. The van der Waals surface area contributed by atoms with Gasteiger partial charge in [0.2, 0.25) is 11.8 Å². The van der Waals surface area contributed by atoms with E-state index >= 15 is 0 Å². The van der Waals surface area contributed by atoms with E-state index in [0.717, 1.165) is 6.92 Å². The van der Waals surface area contributed by atoms with Crippen LogP contribution in [0.5, 0.6) is 0 Å². The molecule has 0 aromatic rings. The molecule has 0 spiro atoms. The molecule has 0 unspecified atom stereocenters. The maximum Gasteiger partial charge on any atom is 0.217 e. The van der Waals surface area contributed by atoms with Gasteiger partial charge >= 0.3 is 0 Å². The highest BCUT2D eigenvalue weighted by molar-refractivity contribution is 5.73. The number of nitrogens with one attached hydrogen (secondary N) is 2. The van der Waals surface area contributed by atoms with Crippen molar-refractivity contribution in [3.8, 4) is 0 Å². The predicted molar refractivity (Wildman–Crippen MR) is 132 cm³/mol. The molecule has 0 bridgehead atoms. The van der Waals surface area contributed by atoms with E-state index in [1.54, 1.807) is 6.92 Å². The van der Waals surface area contributed by atoms with Crippen molar-refractivity contribution >= 4 is 11.8 Å². The number of aliphatic hydroxyl groups is 7. The van der Waals surface area contributed by atoms with Crippen LogP contribution in [0.15, 0.2) is 0 Å². The third kappa shape index (κ3) is 7.88. The number of hydrogen-bond donors (Lipinski definition) is 9. The Balaban J connectivity index is 1.89. The summed E-state index contributed by atoms with van der Waals surface area (Å²) >= 11 is 0. The molecule has 238 valence electrons. The summed E-state index contributed by atoms with van der Waals surface area (Å²) in [4.78, 5) is 23.8. The van der Waals surface area contributed by atoms with Crippen LogP contribution in [0.4, 0.5) is 0 Å². The Bertz CT molecular complexity index is 869. The topological polar surface area (TPSA) is 255 Å². The molecule has 3 fully saturated rings. The molecule has 3 saturated heterocycles. The zero-order valence-corrected chi connectivity index (χ0v) is 23.2. The molecule has 17 nitrogen and oxygen atoms in total. The van der Waals surface area contributed by atoms with Gasteiger partial charge in [-0.15, -0.1) is 0 Å². The van der Waals surface area contributed by atoms with Crippen LogP contribution in [-0.2, 0) is 38.0 Å². The minimum Gasteiger partial charge on any atom is -0.394 e. The lowest BCUT2D eigenvalue weighted by Crippen LogP contribution is -2.69. The van der Waals surface area contributed by atoms with Crippen LogP contribution in [0.3, 0.4) is 0 Å². The van der Waals surface area contributed by atoms with Crippen LogP contribution in [-0.4, -0.2) is 159 Å². The Kier molecular flexibility index (Phi) is 12.2. The Labute approximate surface area is 236 Å². The smallest absolute Gasteiger partial charge is 0.217 e. The van der Waals surface area contributed by atoms with E-state index in [0.29, 0.717) is 0 Å². The highest BCUT2D eigenvalue weighted by atomic mass is 16.7. The molecular formula is C24H42N2O15. The molecule has 3 aliphatic rings. The first kappa shape index (κ1) is 33.9. The predicted octanol–water partition coefficient (Wildman–Crippen LogP) is -5.21. The van der Waals surface area contributed by atoms with Gasteiger partial charge in [-0.05, 0) is 13.8 Å². The second-order valence-electron chi connectivity index (χ2n) is 10.3. The maximum absolute atomic E-state index is 11.9. The molecule has 0 aromatic heterocycles. The zero-order valence-electron chi connectivity index (χ0n) is 23.2. The molecule has 3 rings (SSSR count). The Morgan fingerprint density at radius 3 is 1.85 bits per heavy atom. The highest BCUT2D eigenvalue weighted by Gasteiger charge is 2.52. The van der Waals surface area contributed by atoms with Gasteiger partial charge in [-0.1, -0.05) is 0 Å². The van der Waals surface area contributed by atoms with Gasteiger partial charge in [0.1, 0.15) is 67.0 Å². The fourth-order valence-electron chi connectivity index (χ4n) is 5.00. The summed E-state index contributed by atoms with van der Waals surface area (Å²) in [5.74, 6) is -1.13. The Hall–Kier alpha value is -1.58. The first-order valence-electron chi connectivity index (χ1n) is 13.4. The monoisotopic (exact) mass is 598 g/mol. The molecule has 17 heteroatoms. The number of ether oxygens (including phenoxy) is 6. The van der Waals surface area contributed by atoms with Crippen LogP contribution in [0.2, 0.25) is 0 Å². The summed E-state index contributed by atoms with van der Waals surface area (Å²) in [6.45, 7) is 4.44. The normalized spacial score (nSPS) is 45.2. The number of hydrogen-bond acceptors (Lipinski definition) is 15. The first-order valence-corrected chi connectivity index (χ1v) is 13.4. The van der Waals surface area contributed by atoms with Crippen LogP contribution in [0.1, 0.15) is 27.7 Å². The number of carbonyl (C=O) groups excluding carboxylic acids is 2. The SMILES string of the molecule is CCO[C@@H]1O[C@H](CO[C@H]2O[C@H](C)[C@H](O)[C@H](O)[C@H]2O)[C@@H](O[C@@H]2O[C@H](CO)[C@@H](O)[C@H](O)[C@H]2NC(C)=O)[C@H](O)[C@H]1NC(C)=O. The van der Waals surface area contributed by atoms with Crippen LogP contribution >= 0.6 is 0 Å². The van der Waals surface area contributed by atoms with Gasteiger partial charge in [-0.3, -0.25) is 9.59 Å². The first-order chi connectivity index (χ1) is 19.3. The van der Waals surface area contributed by atoms with E-state index in [9.17, 15) is 45.3 Å². The highest BCUT2D eigenvalue weighted by Crippen LogP contribution is 2.31. The summed E-state index contributed by atoms with van der Waals surface area (Å²) < 4.78 is 34.3. The van der Waals surface area contributed by atoms with Gasteiger partial charge in [0.25, 0.3) is 0 Å². The fraction of sp³-hybridized carbons (Fsp3) is 0.917. The lowest BCUT2D eigenvalue weighted by molar-refractivity contribution is -0.344. The van der Waals surface area contributed by atoms with Crippen molar-refractivity contribution in [3.63, 3.8) is 0 Å². The van der Waals surface area contributed by atoms with Crippen LogP contribution in [0.25, 0.3) is 0 Å². The third-order valence-corrected chi connectivity index (χ3v) is 7.15. The molecule has 0 saturated carbocycles. The molecule has 3 heterocycles. The molecule has 9 N–H and O–H groups in total. The molecule has 0 radical (unpaired) electrons. The second kappa shape index (κ2) is 14.7. The Morgan fingerprint density at radius 2 is 1.29 bits per heavy atom. The van der Waals surface area contributed by atoms with Gasteiger partial charge in [0.15, 0.2) is 18.9 Å². The van der Waals surface area contributed by atoms with Crippen molar-refractivity contribution in [1.82, 2.24) is 10.6 Å². The molecule has 3 aliphatic heterocycles. The van der Waals surface area contributed by atoms with E-state index in [4.69, 9.17) is 28.4 Å². The van der Waals surface area contributed by atoms with E-state index < -0.39 is 117 Å². The summed E-state index contributed by atoms with van der Waals surface area (Å²) in [5, 5.41) is 77.4. The van der Waals surface area contributed by atoms with Crippen LogP contribution in [0, 0.1) is 0 Å². The molecule has 41 heavy (non-hydrogen) atoms. The average molecular weight is 599 g/mol. The van der Waals surface area contributed by atoms with Crippen molar-refractivity contribution in [1.29, 1.82) is 0 Å². The van der Waals surface area contributed by atoms with Crippen molar-refractivity contribution in [2.75, 3.05) is 19.8 Å². The van der Waals surface area contributed by atoms with E-state index in [2.05, 4.69) is 10.6 Å². The number of aliphatic hydroxyl groups excluding tert-OH is 7. The Morgan fingerprint density at radius 1 is 0.707 bits per heavy atom. The van der Waals surface area contributed by atoms with Gasteiger partial charge in [0.05, 0.1) is 19.3 Å². The molecular weight excluding hydrogens is 556 g/mol. The van der Waals surface area contributed by atoms with Gasteiger partial charge in [0, 0.05) is 20.5 Å². The minimum absolute atomic E-state index is 0.122. The molecule has 2 amide bonds. The lowest BCUT2D eigenvalue weighted by Gasteiger charge is -2.48. The average Bonchev–Trinajstić information content (AvgIpc) is 2.91. The molecule has 15 atom stereocenters. The summed E-state index contributed by atoms with van der Waals surface area (Å²) in [6.07, 6.45) is -18.5. The summed E-state index contributed by atoms with van der Waals surface area (Å²) in [6, 6.07) is -2.53. The summed E-state index contributed by atoms with van der Waals surface area (Å²) in [7, 11) is 0. The van der Waals surface area contributed by atoms with E-state index in [1.165, 1.54) is 13.8 Å². The largest absolute Gasteiger partial charge is 0.394 e. The van der Waals surface area contributed by atoms with Gasteiger partial charge in [-0.2, -0.15) is 0 Å². The van der Waals surface area contributed by atoms with Crippen molar-refractivity contribution in [2.24, 2.45) is 0 Å². The van der Waals surface area contributed by atoms with Crippen molar-refractivity contribution in [3.05, 3.63) is 0 Å². The molecule has 0 aliphatic carbocycles. The lowest BCUT2D eigenvalue weighted by atomic mass is 9.94. The zero-order chi connectivity index (χ0) is 30.6. The third-order valence-electron chi connectivity index (χ3n) is 7.15. The second-order valence-corrected chi connectivity index (χ2v) is 10.3. The number of carbonyl (C=O) groups is 2. The van der Waals surface area contributed by atoms with Crippen LogP contribution < -0.4 is 10.6 Å². The summed E-state index contributed by atoms with van der Waals surface area (Å²) in [5.41, 5.74) is 0. The number of rotatable bonds is 10. The quantitative estimate of drug-likeness (QED) is 0.114.